The van der Waals surface area contributed by atoms with Crippen LogP contribution in [0.2, 0.25) is 0 Å². The lowest BCUT2D eigenvalue weighted by atomic mass is 10.2. The third-order valence-electron chi connectivity index (χ3n) is 2.64. The van der Waals surface area contributed by atoms with Gasteiger partial charge in [-0.2, -0.15) is 0 Å². The molecule has 0 bridgehead atoms. The third kappa shape index (κ3) is 4.92. The number of nitro benzene ring substituents is 1. The number of methoxy groups -OCH3 is 1. The Bertz CT molecular complexity index is 505. The van der Waals surface area contributed by atoms with E-state index in [-0.39, 0.29) is 31.1 Å². The fourth-order valence-corrected chi connectivity index (χ4v) is 1.55. The molecule has 0 spiro atoms. The minimum absolute atomic E-state index is 0.0496. The summed E-state index contributed by atoms with van der Waals surface area (Å²) < 4.78 is 15.1. The van der Waals surface area contributed by atoms with Crippen molar-refractivity contribution in [3.05, 3.63) is 28.3 Å². The molecule has 0 heterocycles. The molecule has 0 radical (unpaired) electrons. The zero-order valence-corrected chi connectivity index (χ0v) is 11.9. The molecule has 0 saturated heterocycles. The van der Waals surface area contributed by atoms with Crippen molar-refractivity contribution in [2.24, 2.45) is 5.73 Å². The summed E-state index contributed by atoms with van der Waals surface area (Å²) in [5, 5.41) is 10.9. The summed E-state index contributed by atoms with van der Waals surface area (Å²) in [4.78, 5) is 21.7. The van der Waals surface area contributed by atoms with Crippen LogP contribution >= 0.6 is 0 Å². The second-order valence-corrected chi connectivity index (χ2v) is 4.09. The minimum atomic E-state index is -0.824. The SMILES string of the molecule is CCOC(=O)C(N)CCOc1cc(OC)ccc1[N+](=O)[O-]. The average molecular weight is 298 g/mol. The highest BCUT2D eigenvalue weighted by Gasteiger charge is 2.18. The first-order chi connectivity index (χ1) is 9.99. The molecule has 1 unspecified atom stereocenters. The summed E-state index contributed by atoms with van der Waals surface area (Å²) in [6, 6.07) is 3.35. The van der Waals surface area contributed by atoms with Crippen LogP contribution in [0, 0.1) is 10.1 Å². The van der Waals surface area contributed by atoms with Gasteiger partial charge in [-0.1, -0.05) is 0 Å². The van der Waals surface area contributed by atoms with Gasteiger partial charge < -0.3 is 19.9 Å². The number of hydrogen-bond acceptors (Lipinski definition) is 7. The number of ether oxygens (including phenoxy) is 3. The van der Waals surface area contributed by atoms with Gasteiger partial charge in [0, 0.05) is 18.6 Å². The molecule has 116 valence electrons. The molecule has 1 aromatic carbocycles. The second kappa shape index (κ2) is 8.05. The third-order valence-corrected chi connectivity index (χ3v) is 2.64. The summed E-state index contributed by atoms with van der Waals surface area (Å²) in [7, 11) is 1.45. The number of benzene rings is 1. The highest BCUT2D eigenvalue weighted by Crippen LogP contribution is 2.31. The van der Waals surface area contributed by atoms with Crippen molar-refractivity contribution in [3.63, 3.8) is 0 Å². The van der Waals surface area contributed by atoms with Gasteiger partial charge in [-0.25, -0.2) is 0 Å². The first kappa shape index (κ1) is 16.7. The van der Waals surface area contributed by atoms with Gasteiger partial charge in [0.25, 0.3) is 0 Å². The topological polar surface area (TPSA) is 114 Å². The Labute approximate surface area is 121 Å². The lowest BCUT2D eigenvalue weighted by molar-refractivity contribution is -0.385. The van der Waals surface area contributed by atoms with E-state index in [0.29, 0.717) is 5.75 Å². The van der Waals surface area contributed by atoms with Crippen LogP contribution in [0.4, 0.5) is 5.69 Å². The number of esters is 1. The Morgan fingerprint density at radius 2 is 2.19 bits per heavy atom. The van der Waals surface area contributed by atoms with Gasteiger partial charge in [0.1, 0.15) is 11.8 Å². The number of hydrogen-bond donors (Lipinski definition) is 1. The zero-order chi connectivity index (χ0) is 15.8. The van der Waals surface area contributed by atoms with Crippen LogP contribution in [-0.2, 0) is 9.53 Å². The molecule has 8 nitrogen and oxygen atoms in total. The van der Waals surface area contributed by atoms with Gasteiger partial charge in [-0.05, 0) is 13.0 Å². The van der Waals surface area contributed by atoms with E-state index in [0.717, 1.165) is 0 Å². The van der Waals surface area contributed by atoms with E-state index in [1.54, 1.807) is 6.92 Å². The van der Waals surface area contributed by atoms with Crippen molar-refractivity contribution in [1.29, 1.82) is 0 Å². The molecule has 0 fully saturated rings. The number of nitrogens with zero attached hydrogens (tertiary/aromatic N) is 1. The lowest BCUT2D eigenvalue weighted by Crippen LogP contribution is -2.33. The van der Waals surface area contributed by atoms with Crippen molar-refractivity contribution in [2.45, 2.75) is 19.4 Å². The highest BCUT2D eigenvalue weighted by atomic mass is 16.6. The van der Waals surface area contributed by atoms with Gasteiger partial charge in [0.15, 0.2) is 0 Å². The first-order valence-electron chi connectivity index (χ1n) is 6.37. The number of rotatable bonds is 8. The van der Waals surface area contributed by atoms with Crippen LogP contribution in [0.15, 0.2) is 18.2 Å². The normalized spacial score (nSPS) is 11.6. The summed E-state index contributed by atoms with van der Waals surface area (Å²) >= 11 is 0. The van der Waals surface area contributed by atoms with Crippen LogP contribution in [0.5, 0.6) is 11.5 Å². The maximum absolute atomic E-state index is 11.3. The van der Waals surface area contributed by atoms with Crippen LogP contribution in [-0.4, -0.2) is 37.3 Å². The van der Waals surface area contributed by atoms with Gasteiger partial charge in [0.05, 0.1) is 25.2 Å². The predicted octanol–water partition coefficient (Wildman–Crippen LogP) is 1.26. The van der Waals surface area contributed by atoms with Gasteiger partial charge in [0.2, 0.25) is 5.75 Å². The molecule has 0 saturated carbocycles. The molecule has 0 aliphatic heterocycles. The van der Waals surface area contributed by atoms with Crippen molar-refractivity contribution >= 4 is 11.7 Å². The van der Waals surface area contributed by atoms with Gasteiger partial charge in [-0.15, -0.1) is 0 Å². The first-order valence-corrected chi connectivity index (χ1v) is 6.37. The minimum Gasteiger partial charge on any atom is -0.497 e. The Morgan fingerprint density at radius 1 is 1.48 bits per heavy atom. The smallest absolute Gasteiger partial charge is 0.323 e. The van der Waals surface area contributed by atoms with Gasteiger partial charge in [-0.3, -0.25) is 14.9 Å². The van der Waals surface area contributed by atoms with E-state index in [1.807, 2.05) is 0 Å². The molecular weight excluding hydrogens is 280 g/mol. The van der Waals surface area contributed by atoms with E-state index >= 15 is 0 Å². The molecule has 0 aromatic heterocycles. The molecule has 8 heteroatoms. The predicted molar refractivity (Wildman–Crippen MR) is 74.4 cm³/mol. The van der Waals surface area contributed by atoms with Crippen molar-refractivity contribution in [3.8, 4) is 11.5 Å². The summed E-state index contributed by atoms with van der Waals surface area (Å²) in [6.45, 7) is 1.98. The van der Waals surface area contributed by atoms with E-state index in [1.165, 1.54) is 25.3 Å². The molecule has 0 aliphatic rings. The number of carbonyl (C=O) groups is 1. The molecule has 1 rings (SSSR count). The lowest BCUT2D eigenvalue weighted by Gasteiger charge is -2.12. The fraction of sp³-hybridized carbons (Fsp3) is 0.462. The zero-order valence-electron chi connectivity index (χ0n) is 11.9. The number of carbonyl (C=O) groups excluding carboxylic acids is 1. The molecule has 0 aliphatic carbocycles. The Morgan fingerprint density at radius 3 is 2.76 bits per heavy atom. The maximum atomic E-state index is 11.3. The van der Waals surface area contributed by atoms with Crippen LogP contribution in [0.3, 0.4) is 0 Å². The van der Waals surface area contributed by atoms with E-state index in [9.17, 15) is 14.9 Å². The quantitative estimate of drug-likeness (QED) is 0.436. The van der Waals surface area contributed by atoms with Crippen LogP contribution in [0.1, 0.15) is 13.3 Å². The summed E-state index contributed by atoms with van der Waals surface area (Å²) in [5.41, 5.74) is 5.43. The highest BCUT2D eigenvalue weighted by molar-refractivity contribution is 5.75. The Kier molecular flexibility index (Phi) is 6.41. The van der Waals surface area contributed by atoms with Crippen LogP contribution < -0.4 is 15.2 Å². The summed E-state index contributed by atoms with van der Waals surface area (Å²) in [5.74, 6) is -0.0260. The van der Waals surface area contributed by atoms with E-state index < -0.39 is 16.9 Å². The Hall–Kier alpha value is -2.35. The van der Waals surface area contributed by atoms with Crippen LogP contribution in [0.25, 0.3) is 0 Å². The van der Waals surface area contributed by atoms with E-state index in [4.69, 9.17) is 19.9 Å². The average Bonchev–Trinajstić information content (AvgIpc) is 2.46. The van der Waals surface area contributed by atoms with E-state index in [2.05, 4.69) is 0 Å². The number of nitro groups is 1. The van der Waals surface area contributed by atoms with Crippen molar-refractivity contribution in [2.75, 3.05) is 20.3 Å². The molecule has 2 N–H and O–H groups in total. The molecule has 21 heavy (non-hydrogen) atoms. The summed E-state index contributed by atoms with van der Waals surface area (Å²) in [6.07, 6.45) is 0.188. The Balaban J connectivity index is 2.65. The molecule has 0 amide bonds. The number of nitrogens with two attached hydrogens (primary N) is 1. The molecule has 1 aromatic rings. The molecule has 1 atom stereocenters. The second-order valence-electron chi connectivity index (χ2n) is 4.09. The fourth-order valence-electron chi connectivity index (χ4n) is 1.55. The van der Waals surface area contributed by atoms with Crippen molar-refractivity contribution in [1.82, 2.24) is 0 Å². The monoisotopic (exact) mass is 298 g/mol. The standard InChI is InChI=1S/C13H18N2O6/c1-3-20-13(16)10(14)6-7-21-12-8-9(19-2)4-5-11(12)15(17)18/h4-5,8,10H,3,6-7,14H2,1-2H3. The van der Waals surface area contributed by atoms with Crippen molar-refractivity contribution < 1.29 is 23.9 Å². The molecular formula is C13H18N2O6. The van der Waals surface area contributed by atoms with Gasteiger partial charge >= 0.3 is 11.7 Å². The maximum Gasteiger partial charge on any atom is 0.323 e. The largest absolute Gasteiger partial charge is 0.497 e.